The molecule has 0 aliphatic carbocycles. The molecule has 0 aliphatic rings. The molecule has 2 N–H and O–H groups in total. The molecule has 0 bridgehead atoms. The fourth-order valence-corrected chi connectivity index (χ4v) is 3.15. The zero-order valence-electron chi connectivity index (χ0n) is 13.0. The third kappa shape index (κ3) is 4.52. The van der Waals surface area contributed by atoms with Gasteiger partial charge in [-0.3, -0.25) is 4.52 Å². The van der Waals surface area contributed by atoms with E-state index in [2.05, 4.69) is 0 Å². The minimum atomic E-state index is -4.61. The summed E-state index contributed by atoms with van der Waals surface area (Å²) in [5.74, 6) is 0. The van der Waals surface area contributed by atoms with Crippen molar-refractivity contribution < 1.29 is 18.9 Å². The van der Waals surface area contributed by atoms with Crippen LogP contribution < -0.4 is 0 Å². The molecule has 2 aromatic carbocycles. The Morgan fingerprint density at radius 3 is 1.86 bits per heavy atom. The Labute approximate surface area is 131 Å². The molecule has 0 saturated carbocycles. The highest BCUT2D eigenvalue weighted by Gasteiger charge is 2.35. The largest absolute Gasteiger partial charge is 0.470 e. The Hall–Kier alpha value is -1.45. The summed E-state index contributed by atoms with van der Waals surface area (Å²) in [6, 6.07) is 15.4. The molecular weight excluding hydrogens is 299 g/mol. The smallest absolute Gasteiger partial charge is 0.303 e. The van der Waals surface area contributed by atoms with Gasteiger partial charge in [0.1, 0.15) is 5.60 Å². The molecular formula is C17H21O4P. The van der Waals surface area contributed by atoms with Crippen LogP contribution in [0.25, 0.3) is 0 Å². The summed E-state index contributed by atoms with van der Waals surface area (Å²) in [6.07, 6.45) is 0.376. The Morgan fingerprint density at radius 2 is 1.41 bits per heavy atom. The van der Waals surface area contributed by atoms with Gasteiger partial charge in [0.05, 0.1) is 0 Å². The first-order valence-electron chi connectivity index (χ1n) is 7.07. The number of aryl methyl sites for hydroxylation is 2. The molecule has 0 radical (unpaired) electrons. The van der Waals surface area contributed by atoms with Gasteiger partial charge in [0, 0.05) is 6.42 Å². The summed E-state index contributed by atoms with van der Waals surface area (Å²) in [5, 5.41) is 0. The van der Waals surface area contributed by atoms with E-state index in [1.807, 2.05) is 62.4 Å². The van der Waals surface area contributed by atoms with Crippen LogP contribution in [0.5, 0.6) is 0 Å². The number of phosphoric ester groups is 1. The third-order valence-electron chi connectivity index (χ3n) is 3.64. The molecule has 118 valence electrons. The number of benzene rings is 2. The molecule has 4 nitrogen and oxygen atoms in total. The molecule has 2 rings (SSSR count). The van der Waals surface area contributed by atoms with E-state index >= 15 is 0 Å². The van der Waals surface area contributed by atoms with E-state index in [9.17, 15) is 14.4 Å². The normalized spacial score (nSPS) is 14.6. The van der Waals surface area contributed by atoms with Crippen molar-refractivity contribution in [2.75, 3.05) is 0 Å². The molecule has 0 saturated heterocycles. The maximum atomic E-state index is 11.4. The topological polar surface area (TPSA) is 66.8 Å². The van der Waals surface area contributed by atoms with Crippen molar-refractivity contribution in [2.45, 2.75) is 32.8 Å². The van der Waals surface area contributed by atoms with Crippen LogP contribution in [0.3, 0.4) is 0 Å². The van der Waals surface area contributed by atoms with Crippen LogP contribution in [0.2, 0.25) is 0 Å². The van der Waals surface area contributed by atoms with Crippen LogP contribution in [0, 0.1) is 13.8 Å². The molecule has 1 unspecified atom stereocenters. The van der Waals surface area contributed by atoms with E-state index in [-0.39, 0.29) is 0 Å². The molecule has 0 aromatic heterocycles. The lowest BCUT2D eigenvalue weighted by Gasteiger charge is -2.30. The average molecular weight is 320 g/mol. The Kier molecular flexibility index (Phi) is 4.88. The minimum Gasteiger partial charge on any atom is -0.303 e. The number of phosphoric acid groups is 1. The van der Waals surface area contributed by atoms with Gasteiger partial charge in [-0.1, -0.05) is 59.7 Å². The first kappa shape index (κ1) is 16.9. The van der Waals surface area contributed by atoms with E-state index in [1.165, 1.54) is 0 Å². The molecule has 0 heterocycles. The zero-order chi connectivity index (χ0) is 16.4. The van der Waals surface area contributed by atoms with E-state index in [0.29, 0.717) is 6.42 Å². The SMILES string of the molecule is Cc1ccc(CC(C)(OP(=O)(O)O)c2ccc(C)cc2)cc1. The molecule has 5 heteroatoms. The Bertz CT molecular complexity index is 673. The highest BCUT2D eigenvalue weighted by Crippen LogP contribution is 2.46. The van der Waals surface area contributed by atoms with Gasteiger partial charge < -0.3 is 9.79 Å². The van der Waals surface area contributed by atoms with Gasteiger partial charge in [-0.25, -0.2) is 4.57 Å². The molecule has 1 atom stereocenters. The third-order valence-corrected chi connectivity index (χ3v) is 4.29. The lowest BCUT2D eigenvalue weighted by Crippen LogP contribution is -2.27. The molecule has 2 aromatic rings. The zero-order valence-corrected chi connectivity index (χ0v) is 13.9. The quantitative estimate of drug-likeness (QED) is 0.821. The second-order valence-corrected chi connectivity index (χ2v) is 7.00. The Balaban J connectivity index is 2.38. The van der Waals surface area contributed by atoms with Crippen LogP contribution in [-0.4, -0.2) is 9.79 Å². The van der Waals surface area contributed by atoms with Crippen molar-refractivity contribution in [3.8, 4) is 0 Å². The standard InChI is InChI=1S/C17H21O4P/c1-13-4-8-15(9-5-13)12-17(3,21-22(18,19)20)16-10-6-14(2)7-11-16/h4-11H,12H2,1-3H3,(H2,18,19,20). The fraction of sp³-hybridized carbons (Fsp3) is 0.294. The molecule has 0 amide bonds. The maximum Gasteiger partial charge on any atom is 0.470 e. The second-order valence-electron chi connectivity index (χ2n) is 5.84. The first-order valence-corrected chi connectivity index (χ1v) is 8.60. The summed E-state index contributed by atoms with van der Waals surface area (Å²) >= 11 is 0. The van der Waals surface area contributed by atoms with Gasteiger partial charge >= 0.3 is 7.82 Å². The van der Waals surface area contributed by atoms with Crippen LogP contribution in [-0.2, 0) is 21.1 Å². The van der Waals surface area contributed by atoms with Crippen molar-refractivity contribution in [1.29, 1.82) is 0 Å². The van der Waals surface area contributed by atoms with Crippen LogP contribution in [0.15, 0.2) is 48.5 Å². The van der Waals surface area contributed by atoms with Crippen LogP contribution in [0.4, 0.5) is 0 Å². The van der Waals surface area contributed by atoms with E-state index in [0.717, 1.165) is 22.3 Å². The highest BCUT2D eigenvalue weighted by atomic mass is 31.2. The van der Waals surface area contributed by atoms with Gasteiger partial charge in [-0.05, 0) is 31.9 Å². The van der Waals surface area contributed by atoms with Gasteiger partial charge in [0.2, 0.25) is 0 Å². The van der Waals surface area contributed by atoms with Crippen LogP contribution in [0.1, 0.15) is 29.2 Å². The fourth-order valence-electron chi connectivity index (χ4n) is 2.45. The van der Waals surface area contributed by atoms with Crippen molar-refractivity contribution >= 4 is 7.82 Å². The number of rotatable bonds is 5. The van der Waals surface area contributed by atoms with Gasteiger partial charge in [-0.15, -0.1) is 0 Å². The summed E-state index contributed by atoms with van der Waals surface area (Å²) in [4.78, 5) is 18.6. The molecule has 0 fully saturated rings. The van der Waals surface area contributed by atoms with E-state index in [1.54, 1.807) is 6.92 Å². The van der Waals surface area contributed by atoms with E-state index < -0.39 is 13.4 Å². The highest BCUT2D eigenvalue weighted by molar-refractivity contribution is 7.46. The lowest BCUT2D eigenvalue weighted by molar-refractivity contribution is 0.0469. The molecule has 0 spiro atoms. The maximum absolute atomic E-state index is 11.4. The van der Waals surface area contributed by atoms with Crippen LogP contribution >= 0.6 is 7.82 Å². The summed E-state index contributed by atoms with van der Waals surface area (Å²) in [6.45, 7) is 5.66. The monoisotopic (exact) mass is 320 g/mol. The van der Waals surface area contributed by atoms with Gasteiger partial charge in [0.25, 0.3) is 0 Å². The second kappa shape index (κ2) is 6.35. The molecule has 22 heavy (non-hydrogen) atoms. The summed E-state index contributed by atoms with van der Waals surface area (Å²) < 4.78 is 16.6. The number of hydrogen-bond donors (Lipinski definition) is 2. The number of hydrogen-bond acceptors (Lipinski definition) is 2. The first-order chi connectivity index (χ1) is 10.2. The predicted octanol–water partition coefficient (Wildman–Crippen LogP) is 3.87. The summed E-state index contributed by atoms with van der Waals surface area (Å²) in [5.41, 5.74) is 2.82. The van der Waals surface area contributed by atoms with E-state index in [4.69, 9.17) is 4.52 Å². The minimum absolute atomic E-state index is 0.376. The van der Waals surface area contributed by atoms with Gasteiger partial charge in [-0.2, -0.15) is 0 Å². The summed E-state index contributed by atoms with van der Waals surface area (Å²) in [7, 11) is -4.61. The van der Waals surface area contributed by atoms with Gasteiger partial charge in [0.15, 0.2) is 0 Å². The van der Waals surface area contributed by atoms with Crippen molar-refractivity contribution in [1.82, 2.24) is 0 Å². The molecule has 0 aliphatic heterocycles. The van der Waals surface area contributed by atoms with Crippen molar-refractivity contribution in [3.63, 3.8) is 0 Å². The van der Waals surface area contributed by atoms with Crippen molar-refractivity contribution in [3.05, 3.63) is 70.8 Å². The average Bonchev–Trinajstić information content (AvgIpc) is 2.40. The Morgan fingerprint density at radius 1 is 0.955 bits per heavy atom. The van der Waals surface area contributed by atoms with Crippen molar-refractivity contribution in [2.24, 2.45) is 0 Å². The lowest BCUT2D eigenvalue weighted by atomic mass is 9.88. The predicted molar refractivity (Wildman–Crippen MR) is 86.5 cm³/mol.